The Balaban J connectivity index is 2.11. The standard InChI is InChI=1S/C22H22BrN3O4/c1-4-13(2)20-25-18-10-9-16(23)11-17(18)21(27)26(20)24-12-15-7-5-6-8-19(15)30-14(3)22(28)29/h5-14H,4H2,1-3H3,(H,28,29)/t13-,14+/m1/s1. The third-order valence-corrected chi connectivity index (χ3v) is 5.26. The summed E-state index contributed by atoms with van der Waals surface area (Å²) in [6.45, 7) is 5.46. The summed E-state index contributed by atoms with van der Waals surface area (Å²) in [6, 6.07) is 12.3. The molecule has 8 heteroatoms. The van der Waals surface area contributed by atoms with E-state index in [0.717, 1.165) is 10.9 Å². The summed E-state index contributed by atoms with van der Waals surface area (Å²) in [5, 5.41) is 14.0. The van der Waals surface area contributed by atoms with Crippen LogP contribution in [-0.2, 0) is 4.79 Å². The highest BCUT2D eigenvalue weighted by Crippen LogP contribution is 2.22. The molecule has 156 valence electrons. The maximum atomic E-state index is 13.2. The minimum Gasteiger partial charge on any atom is -0.479 e. The average molecular weight is 472 g/mol. The monoisotopic (exact) mass is 471 g/mol. The molecule has 2 atom stereocenters. The highest BCUT2D eigenvalue weighted by Gasteiger charge is 2.17. The van der Waals surface area contributed by atoms with Gasteiger partial charge in [0, 0.05) is 16.0 Å². The van der Waals surface area contributed by atoms with Crippen molar-refractivity contribution in [3.8, 4) is 5.75 Å². The zero-order chi connectivity index (χ0) is 21.8. The molecule has 3 aromatic rings. The number of rotatable bonds is 7. The second kappa shape index (κ2) is 9.21. The van der Waals surface area contributed by atoms with E-state index in [1.54, 1.807) is 36.4 Å². The smallest absolute Gasteiger partial charge is 0.344 e. The lowest BCUT2D eigenvalue weighted by Gasteiger charge is -2.15. The quantitative estimate of drug-likeness (QED) is 0.515. The summed E-state index contributed by atoms with van der Waals surface area (Å²) >= 11 is 3.39. The van der Waals surface area contributed by atoms with Crippen molar-refractivity contribution in [2.45, 2.75) is 39.2 Å². The van der Waals surface area contributed by atoms with Crippen molar-refractivity contribution in [3.05, 3.63) is 68.7 Å². The fourth-order valence-electron chi connectivity index (χ4n) is 2.83. The summed E-state index contributed by atoms with van der Waals surface area (Å²) in [7, 11) is 0. The van der Waals surface area contributed by atoms with Crippen LogP contribution in [-0.4, -0.2) is 33.1 Å². The van der Waals surface area contributed by atoms with Crippen molar-refractivity contribution in [3.63, 3.8) is 0 Å². The number of nitrogens with zero attached hydrogens (tertiary/aromatic N) is 3. The summed E-state index contributed by atoms with van der Waals surface area (Å²) < 4.78 is 7.60. The van der Waals surface area contributed by atoms with Crippen molar-refractivity contribution < 1.29 is 14.6 Å². The minimum atomic E-state index is -1.07. The van der Waals surface area contributed by atoms with Crippen LogP contribution in [0.2, 0.25) is 0 Å². The molecule has 0 fully saturated rings. The molecule has 2 aromatic carbocycles. The normalized spacial score (nSPS) is 13.5. The number of aliphatic carboxylic acids is 1. The van der Waals surface area contributed by atoms with Gasteiger partial charge >= 0.3 is 5.97 Å². The lowest BCUT2D eigenvalue weighted by Crippen LogP contribution is -2.24. The fourth-order valence-corrected chi connectivity index (χ4v) is 3.20. The SMILES string of the molecule is CC[C@@H](C)c1nc2ccc(Br)cc2c(=O)n1N=Cc1ccccc1O[C@@H](C)C(=O)O. The summed E-state index contributed by atoms with van der Waals surface area (Å²) in [5.74, 6) is -0.126. The predicted octanol–water partition coefficient (Wildman–Crippen LogP) is 4.41. The number of para-hydroxylation sites is 1. The number of carbonyl (C=O) groups is 1. The van der Waals surface area contributed by atoms with Crippen LogP contribution < -0.4 is 10.3 Å². The van der Waals surface area contributed by atoms with Gasteiger partial charge in [0.2, 0.25) is 0 Å². The van der Waals surface area contributed by atoms with E-state index in [9.17, 15) is 9.59 Å². The molecule has 0 amide bonds. The lowest BCUT2D eigenvalue weighted by molar-refractivity contribution is -0.144. The Morgan fingerprint density at radius 1 is 1.30 bits per heavy atom. The number of halogens is 1. The van der Waals surface area contributed by atoms with Crippen molar-refractivity contribution in [1.29, 1.82) is 0 Å². The van der Waals surface area contributed by atoms with Crippen LogP contribution in [0.1, 0.15) is 44.5 Å². The number of aromatic nitrogens is 2. The first-order valence-corrected chi connectivity index (χ1v) is 10.4. The number of hydrogen-bond donors (Lipinski definition) is 1. The van der Waals surface area contributed by atoms with E-state index in [-0.39, 0.29) is 11.5 Å². The molecule has 7 nitrogen and oxygen atoms in total. The molecule has 0 aliphatic rings. The average Bonchev–Trinajstić information content (AvgIpc) is 2.73. The van der Waals surface area contributed by atoms with Gasteiger partial charge < -0.3 is 9.84 Å². The predicted molar refractivity (Wildman–Crippen MR) is 120 cm³/mol. The molecular weight excluding hydrogens is 450 g/mol. The second-order valence-electron chi connectivity index (χ2n) is 6.94. The summed E-state index contributed by atoms with van der Waals surface area (Å²) in [4.78, 5) is 29.0. The van der Waals surface area contributed by atoms with Gasteiger partial charge in [-0.05, 0) is 43.7 Å². The molecule has 0 aliphatic carbocycles. The third-order valence-electron chi connectivity index (χ3n) is 4.77. The highest BCUT2D eigenvalue weighted by molar-refractivity contribution is 9.10. The first-order chi connectivity index (χ1) is 14.3. The molecule has 1 aromatic heterocycles. The number of hydrogen-bond acceptors (Lipinski definition) is 5. The minimum absolute atomic E-state index is 0.0152. The number of carboxylic acid groups (broad SMARTS) is 1. The Morgan fingerprint density at radius 3 is 2.73 bits per heavy atom. The Bertz CT molecular complexity index is 1170. The third kappa shape index (κ3) is 4.59. The van der Waals surface area contributed by atoms with Gasteiger partial charge in [-0.15, -0.1) is 0 Å². The van der Waals surface area contributed by atoms with Crippen LogP contribution in [0.4, 0.5) is 0 Å². The highest BCUT2D eigenvalue weighted by atomic mass is 79.9. The maximum Gasteiger partial charge on any atom is 0.344 e. The Kier molecular flexibility index (Phi) is 6.66. The first kappa shape index (κ1) is 21.7. The van der Waals surface area contributed by atoms with Gasteiger partial charge in [0.05, 0.1) is 17.1 Å². The Morgan fingerprint density at radius 2 is 2.03 bits per heavy atom. The zero-order valence-corrected chi connectivity index (χ0v) is 18.5. The molecule has 0 spiro atoms. The molecular formula is C22H22BrN3O4. The van der Waals surface area contributed by atoms with Crippen molar-refractivity contribution in [2.75, 3.05) is 0 Å². The van der Waals surface area contributed by atoms with Gasteiger partial charge in [0.1, 0.15) is 11.6 Å². The number of benzene rings is 2. The largest absolute Gasteiger partial charge is 0.479 e. The molecule has 30 heavy (non-hydrogen) atoms. The van der Waals surface area contributed by atoms with Gasteiger partial charge in [0.25, 0.3) is 5.56 Å². The van der Waals surface area contributed by atoms with E-state index in [2.05, 4.69) is 26.0 Å². The molecule has 0 aliphatic heterocycles. The second-order valence-corrected chi connectivity index (χ2v) is 7.85. The van der Waals surface area contributed by atoms with E-state index in [1.807, 2.05) is 19.9 Å². The van der Waals surface area contributed by atoms with Crippen molar-refractivity contribution in [2.24, 2.45) is 5.10 Å². The Hall–Kier alpha value is -3.00. The molecule has 0 unspecified atom stereocenters. The molecule has 1 heterocycles. The molecule has 0 bridgehead atoms. The van der Waals surface area contributed by atoms with Crippen LogP contribution in [0.25, 0.3) is 10.9 Å². The summed E-state index contributed by atoms with van der Waals surface area (Å²) in [6.07, 6.45) is 1.26. The van der Waals surface area contributed by atoms with E-state index < -0.39 is 12.1 Å². The van der Waals surface area contributed by atoms with Crippen LogP contribution >= 0.6 is 15.9 Å². The molecule has 0 saturated carbocycles. The number of ether oxygens (including phenoxy) is 1. The van der Waals surface area contributed by atoms with Crippen LogP contribution in [0, 0.1) is 0 Å². The molecule has 3 rings (SSSR count). The van der Waals surface area contributed by atoms with Crippen LogP contribution in [0.15, 0.2) is 56.8 Å². The van der Waals surface area contributed by atoms with Crippen LogP contribution in [0.5, 0.6) is 5.75 Å². The van der Waals surface area contributed by atoms with Gasteiger partial charge in [-0.2, -0.15) is 9.78 Å². The number of fused-ring (bicyclic) bond motifs is 1. The van der Waals surface area contributed by atoms with E-state index >= 15 is 0 Å². The van der Waals surface area contributed by atoms with E-state index in [1.165, 1.54) is 17.8 Å². The van der Waals surface area contributed by atoms with E-state index in [4.69, 9.17) is 9.84 Å². The van der Waals surface area contributed by atoms with Gasteiger partial charge in [-0.1, -0.05) is 41.9 Å². The lowest BCUT2D eigenvalue weighted by atomic mass is 10.1. The topological polar surface area (TPSA) is 93.8 Å². The molecule has 0 radical (unpaired) electrons. The van der Waals surface area contributed by atoms with Gasteiger partial charge in [0.15, 0.2) is 6.10 Å². The maximum absolute atomic E-state index is 13.2. The van der Waals surface area contributed by atoms with Gasteiger partial charge in [-0.3, -0.25) is 4.79 Å². The Labute approximate surface area is 182 Å². The van der Waals surface area contributed by atoms with E-state index in [0.29, 0.717) is 28.0 Å². The molecule has 1 N–H and O–H groups in total. The van der Waals surface area contributed by atoms with Crippen molar-refractivity contribution >= 4 is 39.0 Å². The molecule has 0 saturated heterocycles. The zero-order valence-electron chi connectivity index (χ0n) is 16.9. The fraction of sp³-hybridized carbons (Fsp3) is 0.273. The van der Waals surface area contributed by atoms with Crippen molar-refractivity contribution in [1.82, 2.24) is 9.66 Å². The summed E-state index contributed by atoms with van der Waals surface area (Å²) in [5.41, 5.74) is 0.899. The van der Waals surface area contributed by atoms with Gasteiger partial charge in [-0.25, -0.2) is 9.78 Å². The number of carboxylic acids is 1. The first-order valence-electron chi connectivity index (χ1n) is 9.56. The van der Waals surface area contributed by atoms with Crippen LogP contribution in [0.3, 0.4) is 0 Å².